The SMILES string of the molecule is Cc1ccc(C)c(NC(=O)COc2ccccc2)c1. The fraction of sp³-hybridized carbons (Fsp3) is 0.188. The number of carbonyl (C=O) groups is 1. The van der Waals surface area contributed by atoms with E-state index in [0.29, 0.717) is 5.75 Å². The summed E-state index contributed by atoms with van der Waals surface area (Å²) >= 11 is 0. The highest BCUT2D eigenvalue weighted by Gasteiger charge is 2.05. The molecule has 0 aromatic heterocycles. The first kappa shape index (κ1) is 13.1. The van der Waals surface area contributed by atoms with Gasteiger partial charge in [0.05, 0.1) is 0 Å². The summed E-state index contributed by atoms with van der Waals surface area (Å²) in [6.07, 6.45) is 0. The van der Waals surface area contributed by atoms with E-state index in [1.807, 2.05) is 62.4 Å². The molecule has 3 heteroatoms. The largest absolute Gasteiger partial charge is 0.484 e. The van der Waals surface area contributed by atoms with E-state index in [-0.39, 0.29) is 12.5 Å². The molecule has 2 aromatic rings. The molecule has 0 saturated heterocycles. The van der Waals surface area contributed by atoms with Crippen molar-refractivity contribution in [1.29, 1.82) is 0 Å². The van der Waals surface area contributed by atoms with Crippen LogP contribution in [0.4, 0.5) is 5.69 Å². The van der Waals surface area contributed by atoms with Gasteiger partial charge in [0.15, 0.2) is 6.61 Å². The van der Waals surface area contributed by atoms with Gasteiger partial charge in [-0.3, -0.25) is 4.79 Å². The molecule has 0 heterocycles. The fourth-order valence-electron chi connectivity index (χ4n) is 1.72. The van der Waals surface area contributed by atoms with Crippen LogP contribution in [0, 0.1) is 13.8 Å². The zero-order chi connectivity index (χ0) is 13.7. The van der Waals surface area contributed by atoms with E-state index < -0.39 is 0 Å². The van der Waals surface area contributed by atoms with Crippen molar-refractivity contribution >= 4 is 11.6 Å². The van der Waals surface area contributed by atoms with Gasteiger partial charge in [-0.15, -0.1) is 0 Å². The van der Waals surface area contributed by atoms with Crippen molar-refractivity contribution in [1.82, 2.24) is 0 Å². The molecule has 1 amide bonds. The molecule has 0 radical (unpaired) electrons. The molecule has 0 spiro atoms. The van der Waals surface area contributed by atoms with Crippen molar-refractivity contribution in [2.75, 3.05) is 11.9 Å². The Kier molecular flexibility index (Phi) is 4.18. The second-order valence-electron chi connectivity index (χ2n) is 4.47. The number of hydrogen-bond acceptors (Lipinski definition) is 2. The third-order valence-corrected chi connectivity index (χ3v) is 2.78. The van der Waals surface area contributed by atoms with Crippen LogP contribution in [0.25, 0.3) is 0 Å². The van der Waals surface area contributed by atoms with E-state index in [2.05, 4.69) is 5.32 Å². The van der Waals surface area contributed by atoms with Crippen molar-refractivity contribution in [3.63, 3.8) is 0 Å². The fourth-order valence-corrected chi connectivity index (χ4v) is 1.72. The Morgan fingerprint density at radius 3 is 2.58 bits per heavy atom. The number of rotatable bonds is 4. The third-order valence-electron chi connectivity index (χ3n) is 2.78. The van der Waals surface area contributed by atoms with Crippen LogP contribution < -0.4 is 10.1 Å². The average Bonchev–Trinajstić information content (AvgIpc) is 2.42. The lowest BCUT2D eigenvalue weighted by Crippen LogP contribution is -2.20. The Hall–Kier alpha value is -2.29. The molecule has 98 valence electrons. The molecular formula is C16H17NO2. The molecular weight excluding hydrogens is 238 g/mol. The van der Waals surface area contributed by atoms with Gasteiger partial charge in [0.25, 0.3) is 5.91 Å². The van der Waals surface area contributed by atoms with Gasteiger partial charge in [0.1, 0.15) is 5.75 Å². The second-order valence-corrected chi connectivity index (χ2v) is 4.47. The number of amides is 1. The number of aryl methyl sites for hydroxylation is 2. The second kappa shape index (κ2) is 6.05. The average molecular weight is 255 g/mol. The van der Waals surface area contributed by atoms with Crippen LogP contribution in [0.5, 0.6) is 5.75 Å². The lowest BCUT2D eigenvalue weighted by molar-refractivity contribution is -0.118. The number of ether oxygens (including phenoxy) is 1. The van der Waals surface area contributed by atoms with E-state index in [1.54, 1.807) is 0 Å². The lowest BCUT2D eigenvalue weighted by Gasteiger charge is -2.10. The van der Waals surface area contributed by atoms with E-state index in [1.165, 1.54) is 0 Å². The molecule has 3 nitrogen and oxygen atoms in total. The van der Waals surface area contributed by atoms with Gasteiger partial charge in [-0.05, 0) is 43.2 Å². The molecule has 0 bridgehead atoms. The van der Waals surface area contributed by atoms with E-state index in [0.717, 1.165) is 16.8 Å². The first-order valence-electron chi connectivity index (χ1n) is 6.20. The Morgan fingerprint density at radius 1 is 1.11 bits per heavy atom. The molecule has 0 fully saturated rings. The van der Waals surface area contributed by atoms with Crippen molar-refractivity contribution in [3.8, 4) is 5.75 Å². The quantitative estimate of drug-likeness (QED) is 0.910. The molecule has 0 aliphatic carbocycles. The van der Waals surface area contributed by atoms with Crippen molar-refractivity contribution < 1.29 is 9.53 Å². The van der Waals surface area contributed by atoms with Crippen LogP contribution in [-0.4, -0.2) is 12.5 Å². The molecule has 1 N–H and O–H groups in total. The van der Waals surface area contributed by atoms with Gasteiger partial charge in [-0.25, -0.2) is 0 Å². The Balaban J connectivity index is 1.93. The number of hydrogen-bond donors (Lipinski definition) is 1. The first-order chi connectivity index (χ1) is 9.15. The molecule has 2 aromatic carbocycles. The van der Waals surface area contributed by atoms with Gasteiger partial charge >= 0.3 is 0 Å². The summed E-state index contributed by atoms with van der Waals surface area (Å²) in [5.74, 6) is 0.538. The Bertz CT molecular complexity index is 564. The van der Waals surface area contributed by atoms with Crippen molar-refractivity contribution in [3.05, 3.63) is 59.7 Å². The normalized spacial score (nSPS) is 10.0. The van der Waals surface area contributed by atoms with Crippen LogP contribution >= 0.6 is 0 Å². The summed E-state index contributed by atoms with van der Waals surface area (Å²) in [4.78, 5) is 11.8. The minimum atomic E-state index is -0.155. The predicted molar refractivity (Wildman–Crippen MR) is 76.5 cm³/mol. The smallest absolute Gasteiger partial charge is 0.262 e. The van der Waals surface area contributed by atoms with Gasteiger partial charge in [0.2, 0.25) is 0 Å². The van der Waals surface area contributed by atoms with Gasteiger partial charge < -0.3 is 10.1 Å². The molecule has 0 atom stereocenters. The third kappa shape index (κ3) is 3.85. The number of anilines is 1. The highest BCUT2D eigenvalue weighted by Crippen LogP contribution is 2.16. The van der Waals surface area contributed by atoms with Gasteiger partial charge in [-0.2, -0.15) is 0 Å². The Morgan fingerprint density at radius 2 is 1.84 bits per heavy atom. The highest BCUT2D eigenvalue weighted by atomic mass is 16.5. The zero-order valence-corrected chi connectivity index (χ0v) is 11.1. The van der Waals surface area contributed by atoms with Crippen molar-refractivity contribution in [2.45, 2.75) is 13.8 Å². The topological polar surface area (TPSA) is 38.3 Å². The summed E-state index contributed by atoms with van der Waals surface area (Å²) in [6.45, 7) is 3.97. The van der Waals surface area contributed by atoms with Gasteiger partial charge in [-0.1, -0.05) is 30.3 Å². The summed E-state index contributed by atoms with van der Waals surface area (Å²) in [5, 5.41) is 2.86. The lowest BCUT2D eigenvalue weighted by atomic mass is 10.1. The molecule has 2 rings (SSSR count). The number of benzene rings is 2. The van der Waals surface area contributed by atoms with Crippen molar-refractivity contribution in [2.24, 2.45) is 0 Å². The van der Waals surface area contributed by atoms with Gasteiger partial charge in [0, 0.05) is 5.69 Å². The number of nitrogens with one attached hydrogen (secondary N) is 1. The molecule has 19 heavy (non-hydrogen) atoms. The van der Waals surface area contributed by atoms with Crippen LogP contribution in [0.15, 0.2) is 48.5 Å². The van der Waals surface area contributed by atoms with Crippen LogP contribution in [0.3, 0.4) is 0 Å². The van der Waals surface area contributed by atoms with E-state index >= 15 is 0 Å². The zero-order valence-electron chi connectivity index (χ0n) is 11.1. The number of carbonyl (C=O) groups excluding carboxylic acids is 1. The molecule has 0 unspecified atom stereocenters. The maximum absolute atomic E-state index is 11.8. The summed E-state index contributed by atoms with van der Waals surface area (Å²) in [7, 11) is 0. The van der Waals surface area contributed by atoms with Crippen LogP contribution in [0.2, 0.25) is 0 Å². The minimum Gasteiger partial charge on any atom is -0.484 e. The highest BCUT2D eigenvalue weighted by molar-refractivity contribution is 5.92. The van der Waals surface area contributed by atoms with E-state index in [9.17, 15) is 4.79 Å². The molecule has 0 aliphatic heterocycles. The Labute approximate surface area is 113 Å². The van der Waals surface area contributed by atoms with Crippen LogP contribution in [0.1, 0.15) is 11.1 Å². The summed E-state index contributed by atoms with van der Waals surface area (Å²) in [6, 6.07) is 15.3. The number of para-hydroxylation sites is 1. The molecule has 0 aliphatic rings. The van der Waals surface area contributed by atoms with E-state index in [4.69, 9.17) is 4.74 Å². The predicted octanol–water partition coefficient (Wildman–Crippen LogP) is 3.32. The standard InChI is InChI=1S/C16H17NO2/c1-12-8-9-13(2)15(10-12)17-16(18)11-19-14-6-4-3-5-7-14/h3-10H,11H2,1-2H3,(H,17,18). The van der Waals surface area contributed by atoms with Crippen LogP contribution in [-0.2, 0) is 4.79 Å². The first-order valence-corrected chi connectivity index (χ1v) is 6.20. The maximum atomic E-state index is 11.8. The minimum absolute atomic E-state index is 0.0113. The summed E-state index contributed by atoms with van der Waals surface area (Å²) in [5.41, 5.74) is 2.99. The monoisotopic (exact) mass is 255 g/mol. The summed E-state index contributed by atoms with van der Waals surface area (Å²) < 4.78 is 5.40. The maximum Gasteiger partial charge on any atom is 0.262 e. The molecule has 0 saturated carbocycles.